The summed E-state index contributed by atoms with van der Waals surface area (Å²) in [7, 11) is 1.69. The molecule has 0 fully saturated rings. The number of hydrogen-bond donors (Lipinski definition) is 3. The van der Waals surface area contributed by atoms with Gasteiger partial charge in [0.25, 0.3) is 11.5 Å². The molecule has 0 saturated carbocycles. The number of amides is 1. The van der Waals surface area contributed by atoms with Crippen LogP contribution in [0.4, 0.5) is 11.6 Å². The van der Waals surface area contributed by atoms with Crippen molar-refractivity contribution in [2.75, 3.05) is 17.6 Å². The number of anilines is 2. The van der Waals surface area contributed by atoms with Crippen molar-refractivity contribution < 1.29 is 4.79 Å². The smallest absolute Gasteiger partial charge is 0.267 e. The molecular weight excluding hydrogens is 548 g/mol. The van der Waals surface area contributed by atoms with Gasteiger partial charge in [-0.25, -0.2) is 9.97 Å². The van der Waals surface area contributed by atoms with Gasteiger partial charge in [0.05, 0.1) is 33.3 Å². The molecule has 1 amide bonds. The molecule has 1 unspecified atom stereocenters. The number of para-hydroxylation sites is 1. The maximum atomic E-state index is 14.2. The third-order valence-electron chi connectivity index (χ3n) is 6.60. The van der Waals surface area contributed by atoms with Gasteiger partial charge in [-0.1, -0.05) is 36.3 Å². The van der Waals surface area contributed by atoms with Gasteiger partial charge >= 0.3 is 0 Å². The number of nitrogens with one attached hydrogen (secondary N) is 2. The van der Waals surface area contributed by atoms with Gasteiger partial charge in [0, 0.05) is 19.2 Å². The minimum atomic E-state index is -0.681. The number of thiazole rings is 1. The molecule has 10 nitrogen and oxygen atoms in total. The summed E-state index contributed by atoms with van der Waals surface area (Å²) in [6, 6.07) is 13.9. The lowest BCUT2D eigenvalue weighted by Gasteiger charge is -2.20. The molecule has 11 heteroatoms. The summed E-state index contributed by atoms with van der Waals surface area (Å²) < 4.78 is 3.02. The van der Waals surface area contributed by atoms with Crippen molar-refractivity contribution in [2.45, 2.75) is 26.8 Å². The van der Waals surface area contributed by atoms with Crippen LogP contribution in [-0.2, 0) is 7.05 Å². The van der Waals surface area contributed by atoms with E-state index in [2.05, 4.69) is 39.1 Å². The Balaban J connectivity index is 1.62. The Morgan fingerprint density at radius 2 is 1.90 bits per heavy atom. The molecular formula is C31H30N8O2S. The van der Waals surface area contributed by atoms with Gasteiger partial charge in [-0.05, 0) is 51.0 Å². The van der Waals surface area contributed by atoms with Crippen molar-refractivity contribution in [1.29, 1.82) is 0 Å². The predicted molar refractivity (Wildman–Crippen MR) is 167 cm³/mol. The van der Waals surface area contributed by atoms with Crippen molar-refractivity contribution >= 4 is 39.8 Å². The van der Waals surface area contributed by atoms with Gasteiger partial charge in [0.15, 0.2) is 5.82 Å². The fraction of sp³-hybridized carbons (Fsp3) is 0.194. The molecule has 212 valence electrons. The maximum Gasteiger partial charge on any atom is 0.267 e. The number of carbonyl (C=O) groups excluding carboxylic acids is 1. The second-order valence-corrected chi connectivity index (χ2v) is 10.8. The average molecular weight is 579 g/mol. The van der Waals surface area contributed by atoms with Gasteiger partial charge in [0.2, 0.25) is 0 Å². The van der Waals surface area contributed by atoms with Gasteiger partial charge in [0.1, 0.15) is 22.1 Å². The molecule has 0 bridgehead atoms. The van der Waals surface area contributed by atoms with E-state index in [4.69, 9.17) is 10.7 Å². The van der Waals surface area contributed by atoms with Crippen LogP contribution in [0.25, 0.3) is 16.6 Å². The largest absolute Gasteiger partial charge is 0.381 e. The number of rotatable bonds is 7. The predicted octanol–water partition coefficient (Wildman–Crippen LogP) is 4.26. The van der Waals surface area contributed by atoms with E-state index in [1.165, 1.54) is 20.6 Å². The van der Waals surface area contributed by atoms with Crippen molar-refractivity contribution in [3.05, 3.63) is 104 Å². The molecule has 3 heterocycles. The Morgan fingerprint density at radius 1 is 1.14 bits per heavy atom. The molecule has 3 aromatic heterocycles. The molecule has 0 saturated heterocycles. The molecule has 0 aliphatic rings. The van der Waals surface area contributed by atoms with E-state index in [1.54, 1.807) is 26.1 Å². The van der Waals surface area contributed by atoms with Crippen molar-refractivity contribution in [1.82, 2.24) is 29.6 Å². The standard InChI is InChI=1S/C31H30N8O2S/c1-6-17-33-29-26(27(32)37-38(29)5)30(40)35-19(3)28-36-23-14-10-11-21(15-16-24-18(2)34-20(4)42-24)25(23)31(41)39(28)22-12-8-7-9-13-22/h6-14,19,33H,1,17H2,2-5H3,(H2,32,37)(H,35,40). The van der Waals surface area contributed by atoms with Gasteiger partial charge in [-0.15, -0.1) is 17.9 Å². The van der Waals surface area contributed by atoms with Crippen LogP contribution in [0.2, 0.25) is 0 Å². The number of fused-ring (bicyclic) bond motifs is 1. The van der Waals surface area contributed by atoms with E-state index in [9.17, 15) is 9.59 Å². The molecule has 0 spiro atoms. The SMILES string of the molecule is C=CCNc1c(C(=O)NC(C)c2nc3cccc(C#Cc4sc(C)nc4C)c3c(=O)n2-c2ccccc2)c(N)nn1C. The highest BCUT2D eigenvalue weighted by molar-refractivity contribution is 7.12. The Labute approximate surface area is 246 Å². The van der Waals surface area contributed by atoms with Crippen LogP contribution in [0.3, 0.4) is 0 Å². The molecule has 5 rings (SSSR count). The Morgan fingerprint density at radius 3 is 2.60 bits per heavy atom. The number of hydrogen-bond acceptors (Lipinski definition) is 8. The fourth-order valence-corrected chi connectivity index (χ4v) is 5.49. The lowest BCUT2D eigenvalue weighted by atomic mass is 10.1. The molecule has 1 atom stereocenters. The molecule has 4 N–H and O–H groups in total. The van der Waals surface area contributed by atoms with Gasteiger partial charge in [-0.2, -0.15) is 5.10 Å². The number of aromatic nitrogens is 5. The number of nitrogens with zero attached hydrogens (tertiary/aromatic N) is 5. The first-order valence-corrected chi connectivity index (χ1v) is 14.1. The molecule has 0 aliphatic heterocycles. The van der Waals surface area contributed by atoms with Crippen molar-refractivity contribution in [3.63, 3.8) is 0 Å². The van der Waals surface area contributed by atoms with Crippen LogP contribution in [0.15, 0.2) is 66.0 Å². The molecule has 0 radical (unpaired) electrons. The second-order valence-electron chi connectivity index (χ2n) is 9.64. The first kappa shape index (κ1) is 28.3. The Hall–Kier alpha value is -5.21. The molecule has 0 aliphatic carbocycles. The highest BCUT2D eigenvalue weighted by Crippen LogP contribution is 2.24. The topological polar surface area (TPSA) is 133 Å². The van der Waals surface area contributed by atoms with E-state index in [1.807, 2.05) is 56.3 Å². The summed E-state index contributed by atoms with van der Waals surface area (Å²) in [6.07, 6.45) is 1.67. The normalized spacial score (nSPS) is 11.5. The zero-order valence-electron chi connectivity index (χ0n) is 23.7. The number of benzene rings is 2. The van der Waals surface area contributed by atoms with Crippen LogP contribution in [0.5, 0.6) is 0 Å². The van der Waals surface area contributed by atoms with Crippen LogP contribution in [0, 0.1) is 25.7 Å². The third-order valence-corrected chi connectivity index (χ3v) is 7.59. The van der Waals surface area contributed by atoms with Crippen LogP contribution in [-0.4, -0.2) is 36.8 Å². The number of nitrogens with two attached hydrogens (primary N) is 1. The van der Waals surface area contributed by atoms with E-state index < -0.39 is 11.9 Å². The Kier molecular flexibility index (Phi) is 7.91. The second kappa shape index (κ2) is 11.7. The minimum Gasteiger partial charge on any atom is -0.381 e. The summed E-state index contributed by atoms with van der Waals surface area (Å²) in [5.74, 6) is 6.79. The summed E-state index contributed by atoms with van der Waals surface area (Å²) in [6.45, 7) is 9.75. The van der Waals surface area contributed by atoms with E-state index in [0.717, 1.165) is 15.6 Å². The molecule has 2 aromatic carbocycles. The summed E-state index contributed by atoms with van der Waals surface area (Å²) in [5.41, 5.74) is 8.51. The fourth-order valence-electron chi connectivity index (χ4n) is 4.71. The van der Waals surface area contributed by atoms with Crippen LogP contribution < -0.4 is 21.9 Å². The highest BCUT2D eigenvalue weighted by atomic mass is 32.1. The number of nitrogen functional groups attached to an aromatic ring is 1. The average Bonchev–Trinajstić information content (AvgIpc) is 3.45. The van der Waals surface area contributed by atoms with Crippen LogP contribution in [0.1, 0.15) is 50.3 Å². The molecule has 5 aromatic rings. The van der Waals surface area contributed by atoms with E-state index in [-0.39, 0.29) is 16.9 Å². The quantitative estimate of drug-likeness (QED) is 0.194. The van der Waals surface area contributed by atoms with Gasteiger partial charge in [-0.3, -0.25) is 18.8 Å². The van der Waals surface area contributed by atoms with Crippen molar-refractivity contribution in [2.24, 2.45) is 7.05 Å². The minimum absolute atomic E-state index is 0.0790. The van der Waals surface area contributed by atoms with E-state index >= 15 is 0 Å². The maximum absolute atomic E-state index is 14.2. The van der Waals surface area contributed by atoms with Crippen molar-refractivity contribution in [3.8, 4) is 17.5 Å². The number of aryl methyl sites for hydroxylation is 3. The zero-order chi connectivity index (χ0) is 30.0. The third kappa shape index (κ3) is 5.40. The highest BCUT2D eigenvalue weighted by Gasteiger charge is 2.25. The van der Waals surface area contributed by atoms with Crippen LogP contribution >= 0.6 is 11.3 Å². The summed E-state index contributed by atoms with van der Waals surface area (Å²) in [4.78, 5) is 37.9. The lowest BCUT2D eigenvalue weighted by molar-refractivity contribution is 0.0939. The Bertz CT molecular complexity index is 1940. The van der Waals surface area contributed by atoms with E-state index in [0.29, 0.717) is 40.3 Å². The summed E-state index contributed by atoms with van der Waals surface area (Å²) in [5, 5.41) is 11.6. The number of carbonyl (C=O) groups is 1. The van der Waals surface area contributed by atoms with Gasteiger partial charge < -0.3 is 16.4 Å². The monoisotopic (exact) mass is 578 g/mol. The first-order chi connectivity index (χ1) is 20.2. The zero-order valence-corrected chi connectivity index (χ0v) is 24.5. The lowest BCUT2D eigenvalue weighted by Crippen LogP contribution is -2.34. The summed E-state index contributed by atoms with van der Waals surface area (Å²) >= 11 is 1.51. The first-order valence-electron chi connectivity index (χ1n) is 13.2. The molecule has 42 heavy (non-hydrogen) atoms.